The predicted octanol–water partition coefficient (Wildman–Crippen LogP) is 2.55. The Hall–Kier alpha value is -2.66. The van der Waals surface area contributed by atoms with Crippen LogP contribution in [0.3, 0.4) is 0 Å². The van der Waals surface area contributed by atoms with Crippen molar-refractivity contribution in [2.75, 3.05) is 7.05 Å². The summed E-state index contributed by atoms with van der Waals surface area (Å²) in [6.07, 6.45) is 1.84. The highest BCUT2D eigenvalue weighted by Crippen LogP contribution is 2.15. The largest absolute Gasteiger partial charge is 0.286 e. The molecule has 0 unspecified atom stereocenters. The van der Waals surface area contributed by atoms with E-state index in [1.54, 1.807) is 12.1 Å². The Morgan fingerprint density at radius 2 is 1.90 bits per heavy atom. The van der Waals surface area contributed by atoms with Crippen molar-refractivity contribution in [3.8, 4) is 0 Å². The average molecular weight is 281 g/mol. The van der Waals surface area contributed by atoms with Gasteiger partial charge in [-0.15, -0.1) is 0 Å². The first kappa shape index (κ1) is 13.3. The molecule has 5 nitrogen and oxygen atoms in total. The zero-order valence-corrected chi connectivity index (χ0v) is 11.6. The van der Waals surface area contributed by atoms with Crippen molar-refractivity contribution < 1.29 is 10.0 Å². The summed E-state index contributed by atoms with van der Waals surface area (Å²) in [6, 6.07) is 15.2. The summed E-state index contributed by atoms with van der Waals surface area (Å²) in [5, 5.41) is 15.2. The minimum atomic E-state index is -0.425. The van der Waals surface area contributed by atoms with E-state index in [0.29, 0.717) is 17.2 Å². The summed E-state index contributed by atoms with van der Waals surface area (Å²) in [6.45, 7) is 0.636. The van der Waals surface area contributed by atoms with Gasteiger partial charge in [0.05, 0.1) is 18.3 Å². The average Bonchev–Trinajstić information content (AvgIpc) is 2.91. The van der Waals surface area contributed by atoms with Gasteiger partial charge >= 0.3 is 0 Å². The molecule has 1 amide bonds. The summed E-state index contributed by atoms with van der Waals surface area (Å²) < 4.78 is 1.92. The summed E-state index contributed by atoms with van der Waals surface area (Å²) in [5.74, 6) is -0.425. The topological polar surface area (TPSA) is 58.4 Å². The maximum absolute atomic E-state index is 11.6. The van der Waals surface area contributed by atoms with Crippen LogP contribution in [0.1, 0.15) is 15.9 Å². The molecular weight excluding hydrogens is 266 g/mol. The molecule has 1 N–H and O–H groups in total. The SMILES string of the molecule is CN(O)C(=O)c1ccc(Cn2ncc3ccccc32)cc1. The van der Waals surface area contributed by atoms with Gasteiger partial charge in [-0.2, -0.15) is 5.10 Å². The second-order valence-electron chi connectivity index (χ2n) is 4.89. The lowest BCUT2D eigenvalue weighted by Crippen LogP contribution is -2.22. The molecule has 0 radical (unpaired) electrons. The highest BCUT2D eigenvalue weighted by molar-refractivity contribution is 5.93. The lowest BCUT2D eigenvalue weighted by molar-refractivity contribution is -0.0374. The van der Waals surface area contributed by atoms with Crippen LogP contribution in [-0.2, 0) is 6.54 Å². The first-order valence-corrected chi connectivity index (χ1v) is 6.61. The summed E-state index contributed by atoms with van der Waals surface area (Å²) in [5.41, 5.74) is 2.57. The molecule has 1 heterocycles. The van der Waals surface area contributed by atoms with Gasteiger partial charge in [0.2, 0.25) is 0 Å². The lowest BCUT2D eigenvalue weighted by atomic mass is 10.1. The number of hydroxylamine groups is 2. The number of aromatic nitrogens is 2. The number of carbonyl (C=O) groups is 1. The summed E-state index contributed by atoms with van der Waals surface area (Å²) in [4.78, 5) is 11.6. The van der Waals surface area contributed by atoms with Crippen molar-refractivity contribution in [2.24, 2.45) is 0 Å². The second-order valence-corrected chi connectivity index (χ2v) is 4.89. The molecule has 0 bridgehead atoms. The maximum Gasteiger partial charge on any atom is 0.276 e. The predicted molar refractivity (Wildman–Crippen MR) is 79.2 cm³/mol. The molecule has 0 saturated heterocycles. The summed E-state index contributed by atoms with van der Waals surface area (Å²) in [7, 11) is 1.31. The number of rotatable bonds is 3. The Morgan fingerprint density at radius 3 is 2.62 bits per heavy atom. The number of benzene rings is 2. The van der Waals surface area contributed by atoms with Crippen molar-refractivity contribution in [1.29, 1.82) is 0 Å². The van der Waals surface area contributed by atoms with E-state index in [2.05, 4.69) is 5.10 Å². The van der Waals surface area contributed by atoms with Gasteiger partial charge in [-0.1, -0.05) is 30.3 Å². The number of carbonyl (C=O) groups excluding carboxylic acids is 1. The number of hydrogen-bond donors (Lipinski definition) is 1. The van der Waals surface area contributed by atoms with E-state index in [9.17, 15) is 4.79 Å². The third-order valence-electron chi connectivity index (χ3n) is 3.38. The molecule has 0 spiro atoms. The third kappa shape index (κ3) is 2.64. The Morgan fingerprint density at radius 1 is 1.19 bits per heavy atom. The number of fused-ring (bicyclic) bond motifs is 1. The van der Waals surface area contributed by atoms with Crippen LogP contribution in [-0.4, -0.2) is 33.0 Å². The van der Waals surface area contributed by atoms with Crippen molar-refractivity contribution >= 4 is 16.8 Å². The number of amides is 1. The molecule has 106 valence electrons. The smallest absolute Gasteiger partial charge is 0.276 e. The molecule has 3 rings (SSSR count). The Labute approximate surface area is 122 Å². The van der Waals surface area contributed by atoms with Crippen LogP contribution in [0.25, 0.3) is 10.9 Å². The second kappa shape index (κ2) is 5.38. The molecule has 3 aromatic rings. The van der Waals surface area contributed by atoms with E-state index in [-0.39, 0.29) is 0 Å². The molecule has 21 heavy (non-hydrogen) atoms. The minimum absolute atomic E-state index is 0.425. The molecule has 0 aliphatic carbocycles. The van der Waals surface area contributed by atoms with E-state index in [1.165, 1.54) is 7.05 Å². The molecule has 0 aliphatic rings. The van der Waals surface area contributed by atoms with E-state index in [1.807, 2.05) is 47.3 Å². The van der Waals surface area contributed by atoms with Crippen molar-refractivity contribution in [1.82, 2.24) is 14.8 Å². The van der Waals surface area contributed by atoms with Gasteiger partial charge in [0.25, 0.3) is 5.91 Å². The van der Waals surface area contributed by atoms with Crippen LogP contribution in [0.4, 0.5) is 0 Å². The van der Waals surface area contributed by atoms with Crippen molar-refractivity contribution in [3.05, 3.63) is 65.9 Å². The van der Waals surface area contributed by atoms with E-state index >= 15 is 0 Å². The monoisotopic (exact) mass is 281 g/mol. The molecule has 0 saturated carbocycles. The quantitative estimate of drug-likeness (QED) is 0.593. The maximum atomic E-state index is 11.6. The van der Waals surface area contributed by atoms with Gasteiger partial charge in [0.15, 0.2) is 0 Å². The molecule has 0 fully saturated rings. The first-order valence-electron chi connectivity index (χ1n) is 6.61. The van der Waals surface area contributed by atoms with Crippen LogP contribution < -0.4 is 0 Å². The fourth-order valence-electron chi connectivity index (χ4n) is 2.26. The molecular formula is C16H15N3O2. The van der Waals surface area contributed by atoms with Crippen LogP contribution in [0, 0.1) is 0 Å². The van der Waals surface area contributed by atoms with Crippen LogP contribution in [0.5, 0.6) is 0 Å². The van der Waals surface area contributed by atoms with Gasteiger partial charge in [0, 0.05) is 18.0 Å². The number of hydrogen-bond acceptors (Lipinski definition) is 3. The third-order valence-corrected chi connectivity index (χ3v) is 3.38. The van der Waals surface area contributed by atoms with Crippen LogP contribution >= 0.6 is 0 Å². The van der Waals surface area contributed by atoms with Crippen LogP contribution in [0.2, 0.25) is 0 Å². The highest BCUT2D eigenvalue weighted by Gasteiger charge is 2.09. The van der Waals surface area contributed by atoms with Gasteiger partial charge in [-0.05, 0) is 23.8 Å². The Balaban J connectivity index is 1.84. The molecule has 5 heteroatoms. The zero-order chi connectivity index (χ0) is 14.8. The molecule has 2 aromatic carbocycles. The fraction of sp³-hybridized carbons (Fsp3) is 0.125. The van der Waals surface area contributed by atoms with Crippen molar-refractivity contribution in [3.63, 3.8) is 0 Å². The van der Waals surface area contributed by atoms with E-state index in [4.69, 9.17) is 5.21 Å². The first-order chi connectivity index (χ1) is 10.1. The van der Waals surface area contributed by atoms with E-state index in [0.717, 1.165) is 16.5 Å². The highest BCUT2D eigenvalue weighted by atomic mass is 16.5. The zero-order valence-electron chi connectivity index (χ0n) is 11.6. The van der Waals surface area contributed by atoms with Gasteiger partial charge in [0.1, 0.15) is 0 Å². The Bertz CT molecular complexity index is 776. The summed E-state index contributed by atoms with van der Waals surface area (Å²) >= 11 is 0. The molecule has 0 atom stereocenters. The standard InChI is InChI=1S/C16H15N3O2/c1-18(21)16(20)13-8-6-12(7-9-13)11-19-15-5-3-2-4-14(15)10-17-19/h2-10,21H,11H2,1H3. The Kier molecular flexibility index (Phi) is 3.41. The van der Waals surface area contributed by atoms with Gasteiger partial charge in [-0.3, -0.25) is 14.7 Å². The molecule has 1 aromatic heterocycles. The van der Waals surface area contributed by atoms with Gasteiger partial charge in [-0.25, -0.2) is 5.06 Å². The normalized spacial score (nSPS) is 10.8. The fourth-order valence-corrected chi connectivity index (χ4v) is 2.26. The van der Waals surface area contributed by atoms with Crippen molar-refractivity contribution in [2.45, 2.75) is 6.54 Å². The number of para-hydroxylation sites is 1. The van der Waals surface area contributed by atoms with E-state index < -0.39 is 5.91 Å². The number of nitrogens with zero attached hydrogens (tertiary/aromatic N) is 3. The van der Waals surface area contributed by atoms with Gasteiger partial charge < -0.3 is 0 Å². The molecule has 0 aliphatic heterocycles. The minimum Gasteiger partial charge on any atom is -0.286 e. The van der Waals surface area contributed by atoms with Crippen LogP contribution in [0.15, 0.2) is 54.7 Å². The lowest BCUT2D eigenvalue weighted by Gasteiger charge is -2.09.